The quantitative estimate of drug-likeness (QED) is 0.818. The average molecular weight is 322 g/mol. The van der Waals surface area contributed by atoms with Crippen LogP contribution in [0.1, 0.15) is 36.3 Å². The highest BCUT2D eigenvalue weighted by Gasteiger charge is 2.34. The molecule has 1 saturated heterocycles. The second-order valence-electron chi connectivity index (χ2n) is 6.83. The van der Waals surface area contributed by atoms with Gasteiger partial charge in [-0.1, -0.05) is 30.3 Å². The van der Waals surface area contributed by atoms with Crippen LogP contribution in [0.3, 0.4) is 0 Å². The van der Waals surface area contributed by atoms with E-state index in [9.17, 15) is 0 Å². The first kappa shape index (κ1) is 15.5. The van der Waals surface area contributed by atoms with Crippen molar-refractivity contribution in [2.45, 2.75) is 37.6 Å². The zero-order valence-electron chi connectivity index (χ0n) is 14.1. The number of fused-ring (bicyclic) bond motifs is 3. The Hall–Kier alpha value is -2.00. The number of aryl methyl sites for hydroxylation is 1. The van der Waals surface area contributed by atoms with Gasteiger partial charge >= 0.3 is 0 Å². The first-order valence-corrected chi connectivity index (χ1v) is 9.19. The number of para-hydroxylation sites is 1. The molecule has 0 saturated carbocycles. The minimum Gasteiger partial charge on any atom is -0.494 e. The van der Waals surface area contributed by atoms with E-state index < -0.39 is 0 Å². The van der Waals surface area contributed by atoms with Gasteiger partial charge in [-0.25, -0.2) is 0 Å². The van der Waals surface area contributed by atoms with Gasteiger partial charge in [-0.3, -0.25) is 0 Å². The molecule has 126 valence electrons. The van der Waals surface area contributed by atoms with Gasteiger partial charge in [-0.2, -0.15) is 0 Å². The number of benzene rings is 2. The van der Waals surface area contributed by atoms with Crippen LogP contribution in [0.4, 0.5) is 5.69 Å². The van der Waals surface area contributed by atoms with Crippen molar-refractivity contribution in [2.24, 2.45) is 0 Å². The Kier molecular flexibility index (Phi) is 4.70. The molecule has 3 heteroatoms. The van der Waals surface area contributed by atoms with Crippen LogP contribution in [-0.2, 0) is 6.42 Å². The number of hydrogen-bond donors (Lipinski definition) is 2. The Labute approximate surface area is 144 Å². The average Bonchev–Trinajstić information content (AvgIpc) is 2.82. The first-order chi connectivity index (χ1) is 11.9. The predicted molar refractivity (Wildman–Crippen MR) is 99.0 cm³/mol. The molecular weight excluding hydrogens is 296 g/mol. The number of rotatable bonds is 5. The summed E-state index contributed by atoms with van der Waals surface area (Å²) in [4.78, 5) is 0. The van der Waals surface area contributed by atoms with Gasteiger partial charge in [0.2, 0.25) is 0 Å². The molecule has 2 unspecified atom stereocenters. The van der Waals surface area contributed by atoms with Crippen LogP contribution in [0.15, 0.2) is 48.5 Å². The van der Waals surface area contributed by atoms with Gasteiger partial charge in [-0.05, 0) is 68.1 Å². The van der Waals surface area contributed by atoms with Crippen LogP contribution in [-0.4, -0.2) is 25.7 Å². The summed E-state index contributed by atoms with van der Waals surface area (Å²) in [5.41, 5.74) is 4.45. The Morgan fingerprint density at radius 3 is 2.75 bits per heavy atom. The van der Waals surface area contributed by atoms with E-state index in [0.29, 0.717) is 12.0 Å². The fourth-order valence-corrected chi connectivity index (χ4v) is 4.12. The van der Waals surface area contributed by atoms with Crippen molar-refractivity contribution in [2.75, 3.05) is 25.0 Å². The van der Waals surface area contributed by atoms with E-state index in [0.717, 1.165) is 38.3 Å². The number of hydrogen-bond acceptors (Lipinski definition) is 3. The lowest BCUT2D eigenvalue weighted by Crippen LogP contribution is -2.21. The lowest BCUT2D eigenvalue weighted by Gasteiger charge is -2.18. The molecule has 2 aromatic carbocycles. The van der Waals surface area contributed by atoms with E-state index in [1.54, 1.807) is 5.56 Å². The summed E-state index contributed by atoms with van der Waals surface area (Å²) in [7, 11) is 0. The van der Waals surface area contributed by atoms with E-state index >= 15 is 0 Å². The summed E-state index contributed by atoms with van der Waals surface area (Å²) >= 11 is 0. The molecular formula is C21H26N2O. The molecule has 2 aliphatic rings. The molecule has 0 bridgehead atoms. The van der Waals surface area contributed by atoms with Crippen molar-refractivity contribution in [1.82, 2.24) is 5.32 Å². The fourth-order valence-electron chi connectivity index (χ4n) is 4.12. The summed E-state index contributed by atoms with van der Waals surface area (Å²) in [5.74, 6) is 1.63. The van der Waals surface area contributed by atoms with Crippen molar-refractivity contribution >= 4 is 5.69 Å². The zero-order chi connectivity index (χ0) is 16.2. The third kappa shape index (κ3) is 3.27. The van der Waals surface area contributed by atoms with E-state index in [1.165, 1.54) is 24.1 Å². The molecule has 0 spiro atoms. The Morgan fingerprint density at radius 2 is 1.83 bits per heavy atom. The van der Waals surface area contributed by atoms with Crippen LogP contribution in [0.25, 0.3) is 0 Å². The van der Waals surface area contributed by atoms with Crippen molar-refractivity contribution in [3.8, 4) is 5.75 Å². The maximum Gasteiger partial charge on any atom is 0.119 e. The molecule has 0 aliphatic carbocycles. The van der Waals surface area contributed by atoms with Crippen molar-refractivity contribution in [1.29, 1.82) is 0 Å². The molecule has 2 atom stereocenters. The largest absolute Gasteiger partial charge is 0.494 e. The van der Waals surface area contributed by atoms with Crippen LogP contribution in [0.2, 0.25) is 0 Å². The molecule has 3 nitrogen and oxygen atoms in total. The summed E-state index contributed by atoms with van der Waals surface area (Å²) < 4.78 is 5.85. The van der Waals surface area contributed by atoms with Gasteiger partial charge in [0.25, 0.3) is 0 Å². The Morgan fingerprint density at radius 1 is 0.958 bits per heavy atom. The van der Waals surface area contributed by atoms with Gasteiger partial charge in [0, 0.05) is 17.6 Å². The molecule has 2 N–H and O–H groups in total. The van der Waals surface area contributed by atoms with Gasteiger partial charge in [0.05, 0.1) is 6.61 Å². The van der Waals surface area contributed by atoms with Crippen molar-refractivity contribution in [3.05, 3.63) is 59.7 Å². The molecule has 2 heterocycles. The van der Waals surface area contributed by atoms with Crippen LogP contribution >= 0.6 is 0 Å². The van der Waals surface area contributed by atoms with Gasteiger partial charge in [0.1, 0.15) is 5.75 Å². The molecule has 24 heavy (non-hydrogen) atoms. The summed E-state index contributed by atoms with van der Waals surface area (Å²) in [6, 6.07) is 17.5. The second-order valence-corrected chi connectivity index (χ2v) is 6.83. The number of ether oxygens (including phenoxy) is 1. The number of anilines is 1. The van der Waals surface area contributed by atoms with Gasteiger partial charge in [0.15, 0.2) is 0 Å². The SMILES string of the molecule is c1ccc(OCCCc2cccc3c2C2CCNCCC2N3)cc1. The molecule has 0 amide bonds. The van der Waals surface area contributed by atoms with Crippen LogP contribution < -0.4 is 15.4 Å². The lowest BCUT2D eigenvalue weighted by atomic mass is 9.87. The fraction of sp³-hybridized carbons (Fsp3) is 0.429. The second kappa shape index (κ2) is 7.27. The minimum absolute atomic E-state index is 0.608. The van der Waals surface area contributed by atoms with Crippen molar-refractivity contribution < 1.29 is 4.74 Å². The standard InChI is InChI=1S/C21H26N2O/c1-2-8-17(9-3-1)24-15-5-7-16-6-4-10-20-21(16)18-11-13-22-14-12-19(18)23-20/h1-4,6,8-10,18-19,22-23H,5,7,11-15H2. The Bertz CT molecular complexity index is 671. The summed E-state index contributed by atoms with van der Waals surface area (Å²) in [6.07, 6.45) is 4.60. The minimum atomic E-state index is 0.608. The summed E-state index contributed by atoms with van der Waals surface area (Å²) in [6.45, 7) is 3.03. The Balaban J connectivity index is 1.41. The van der Waals surface area contributed by atoms with E-state index in [4.69, 9.17) is 4.74 Å². The van der Waals surface area contributed by atoms with Gasteiger partial charge in [-0.15, -0.1) is 0 Å². The highest BCUT2D eigenvalue weighted by molar-refractivity contribution is 5.62. The predicted octanol–water partition coefficient (Wildman–Crippen LogP) is 3.96. The van der Waals surface area contributed by atoms with Gasteiger partial charge < -0.3 is 15.4 Å². The first-order valence-electron chi connectivity index (χ1n) is 9.19. The van der Waals surface area contributed by atoms with Crippen LogP contribution in [0, 0.1) is 0 Å². The highest BCUT2D eigenvalue weighted by atomic mass is 16.5. The normalized spacial score (nSPS) is 22.2. The highest BCUT2D eigenvalue weighted by Crippen LogP contribution is 2.42. The maximum atomic E-state index is 5.85. The third-order valence-corrected chi connectivity index (χ3v) is 5.26. The maximum absolute atomic E-state index is 5.85. The molecule has 0 aromatic heterocycles. The molecule has 1 fully saturated rings. The summed E-state index contributed by atoms with van der Waals surface area (Å²) in [5, 5.41) is 7.30. The molecule has 2 aliphatic heterocycles. The topological polar surface area (TPSA) is 33.3 Å². The smallest absolute Gasteiger partial charge is 0.119 e. The molecule has 2 aromatic rings. The third-order valence-electron chi connectivity index (χ3n) is 5.26. The number of nitrogens with one attached hydrogen (secondary N) is 2. The lowest BCUT2D eigenvalue weighted by molar-refractivity contribution is 0.311. The van der Waals surface area contributed by atoms with Crippen molar-refractivity contribution in [3.63, 3.8) is 0 Å². The van der Waals surface area contributed by atoms with E-state index in [2.05, 4.69) is 28.8 Å². The molecule has 0 radical (unpaired) electrons. The monoisotopic (exact) mass is 322 g/mol. The van der Waals surface area contributed by atoms with E-state index in [-0.39, 0.29) is 0 Å². The molecule has 4 rings (SSSR count). The van der Waals surface area contributed by atoms with E-state index in [1.807, 2.05) is 30.3 Å². The zero-order valence-corrected chi connectivity index (χ0v) is 14.1. The van der Waals surface area contributed by atoms with Crippen LogP contribution in [0.5, 0.6) is 5.75 Å².